The van der Waals surface area contributed by atoms with Crippen molar-refractivity contribution in [2.24, 2.45) is 0 Å². The van der Waals surface area contributed by atoms with E-state index in [-0.39, 0.29) is 6.10 Å². The lowest BCUT2D eigenvalue weighted by Gasteiger charge is -2.33. The van der Waals surface area contributed by atoms with Crippen LogP contribution in [0.5, 0.6) is 5.75 Å². The molecule has 122 valence electrons. The van der Waals surface area contributed by atoms with Crippen molar-refractivity contribution in [2.45, 2.75) is 31.5 Å². The number of methoxy groups -OCH3 is 1. The average Bonchev–Trinajstić information content (AvgIpc) is 2.62. The van der Waals surface area contributed by atoms with Gasteiger partial charge in [-0.2, -0.15) is 0 Å². The molecular weight excluding hydrogens is 356 g/mol. The second-order valence-corrected chi connectivity index (χ2v) is 6.51. The Morgan fingerprint density at radius 2 is 2.13 bits per heavy atom. The van der Waals surface area contributed by atoms with Gasteiger partial charge in [-0.1, -0.05) is 15.9 Å². The number of pyridine rings is 1. The number of halogens is 1. The van der Waals surface area contributed by atoms with Gasteiger partial charge in [-0.05, 0) is 54.3 Å². The summed E-state index contributed by atoms with van der Waals surface area (Å²) < 4.78 is 12.4. The van der Waals surface area contributed by atoms with Gasteiger partial charge in [-0.15, -0.1) is 0 Å². The summed E-state index contributed by atoms with van der Waals surface area (Å²) in [4.78, 5) is 4.09. The number of nitrogens with zero attached hydrogens (tertiary/aromatic N) is 1. The summed E-state index contributed by atoms with van der Waals surface area (Å²) in [5.41, 5.74) is 2.37. The minimum absolute atomic E-state index is 0.0798. The van der Waals surface area contributed by atoms with E-state index in [1.54, 1.807) is 7.11 Å². The number of rotatable bonds is 5. The summed E-state index contributed by atoms with van der Waals surface area (Å²) in [6.07, 6.45) is 5.91. The quantitative estimate of drug-likeness (QED) is 0.860. The van der Waals surface area contributed by atoms with Crippen molar-refractivity contribution in [3.8, 4) is 5.75 Å². The molecule has 1 aromatic carbocycles. The zero-order valence-corrected chi connectivity index (χ0v) is 14.8. The molecule has 0 aliphatic carbocycles. The van der Waals surface area contributed by atoms with Gasteiger partial charge in [0.25, 0.3) is 0 Å². The van der Waals surface area contributed by atoms with Crippen molar-refractivity contribution in [1.29, 1.82) is 0 Å². The van der Waals surface area contributed by atoms with Crippen molar-refractivity contribution in [3.63, 3.8) is 0 Å². The molecule has 1 aliphatic rings. The van der Waals surface area contributed by atoms with E-state index in [9.17, 15) is 0 Å². The van der Waals surface area contributed by atoms with Crippen molar-refractivity contribution in [3.05, 3.63) is 58.3 Å². The Morgan fingerprint density at radius 3 is 2.91 bits per heavy atom. The first kappa shape index (κ1) is 16.4. The van der Waals surface area contributed by atoms with Gasteiger partial charge in [-0.3, -0.25) is 4.98 Å². The molecule has 0 spiro atoms. The molecule has 1 aliphatic heterocycles. The Labute approximate surface area is 145 Å². The molecule has 0 saturated carbocycles. The first-order valence-electron chi connectivity index (χ1n) is 7.85. The van der Waals surface area contributed by atoms with Crippen molar-refractivity contribution in [2.75, 3.05) is 13.7 Å². The average molecular weight is 377 g/mol. The molecule has 0 bridgehead atoms. The fourth-order valence-corrected chi connectivity index (χ4v) is 3.31. The van der Waals surface area contributed by atoms with Gasteiger partial charge in [0.15, 0.2) is 0 Å². The summed E-state index contributed by atoms with van der Waals surface area (Å²) in [7, 11) is 1.69. The van der Waals surface area contributed by atoms with Crippen LogP contribution in [0.15, 0.2) is 47.2 Å². The summed E-state index contributed by atoms with van der Waals surface area (Å²) >= 11 is 3.61. The van der Waals surface area contributed by atoms with Crippen LogP contribution in [-0.4, -0.2) is 24.7 Å². The first-order valence-corrected chi connectivity index (χ1v) is 8.64. The van der Waals surface area contributed by atoms with Crippen LogP contribution in [0.2, 0.25) is 0 Å². The lowest BCUT2D eigenvalue weighted by Crippen LogP contribution is -2.39. The molecule has 2 heterocycles. The molecule has 4 nitrogen and oxygen atoms in total. The summed E-state index contributed by atoms with van der Waals surface area (Å²) in [5.74, 6) is 0.871. The summed E-state index contributed by atoms with van der Waals surface area (Å²) in [6.45, 7) is 1.58. The second-order valence-electron chi connectivity index (χ2n) is 5.66. The van der Waals surface area contributed by atoms with Crippen LogP contribution in [0, 0.1) is 0 Å². The van der Waals surface area contributed by atoms with E-state index in [2.05, 4.69) is 32.3 Å². The number of aromatic nitrogens is 1. The fourth-order valence-electron chi connectivity index (χ4n) is 2.93. The highest BCUT2D eigenvalue weighted by molar-refractivity contribution is 9.10. The molecule has 3 rings (SSSR count). The Balaban J connectivity index is 1.70. The molecule has 2 aromatic rings. The minimum atomic E-state index is 0.0798. The maximum atomic E-state index is 6.01. The Hall–Kier alpha value is -1.43. The molecule has 1 N–H and O–H groups in total. The normalized spacial score (nSPS) is 21.1. The molecule has 0 unspecified atom stereocenters. The standard InChI is InChI=1S/C18H21BrN2O2/c1-22-15-4-5-16(19)14(11-15)12-21-17-3-2-10-23-18(17)13-6-8-20-9-7-13/h4-9,11,17-18,21H,2-3,10,12H2,1H3/t17-,18+/m0/s1. The van der Waals surface area contributed by atoms with Gasteiger partial charge >= 0.3 is 0 Å². The lowest BCUT2D eigenvalue weighted by atomic mass is 9.96. The molecule has 1 saturated heterocycles. The predicted molar refractivity (Wildman–Crippen MR) is 93.5 cm³/mol. The number of benzene rings is 1. The Morgan fingerprint density at radius 1 is 1.30 bits per heavy atom. The fraction of sp³-hybridized carbons (Fsp3) is 0.389. The number of ether oxygens (including phenoxy) is 2. The van der Waals surface area contributed by atoms with Crippen molar-refractivity contribution < 1.29 is 9.47 Å². The van der Waals surface area contributed by atoms with Crippen LogP contribution >= 0.6 is 15.9 Å². The number of hydrogen-bond acceptors (Lipinski definition) is 4. The molecule has 1 fully saturated rings. The SMILES string of the molecule is COc1ccc(Br)c(CN[C@H]2CCCO[C@@H]2c2ccncc2)c1. The Kier molecular flexibility index (Phi) is 5.65. The van der Waals surface area contributed by atoms with E-state index in [1.165, 1.54) is 11.1 Å². The van der Waals surface area contributed by atoms with E-state index >= 15 is 0 Å². The third kappa shape index (κ3) is 4.10. The van der Waals surface area contributed by atoms with Crippen molar-refractivity contribution >= 4 is 15.9 Å². The molecule has 5 heteroatoms. The molecular formula is C18H21BrN2O2. The van der Waals surface area contributed by atoms with Gasteiger partial charge < -0.3 is 14.8 Å². The van der Waals surface area contributed by atoms with Crippen LogP contribution in [0.25, 0.3) is 0 Å². The monoisotopic (exact) mass is 376 g/mol. The van der Waals surface area contributed by atoms with Gasteiger partial charge in [0.2, 0.25) is 0 Å². The number of nitrogens with one attached hydrogen (secondary N) is 1. The molecule has 0 amide bonds. The highest BCUT2D eigenvalue weighted by Gasteiger charge is 2.27. The second kappa shape index (κ2) is 7.90. The maximum absolute atomic E-state index is 6.01. The van der Waals surface area contributed by atoms with E-state index < -0.39 is 0 Å². The highest BCUT2D eigenvalue weighted by Crippen LogP contribution is 2.29. The molecule has 0 radical (unpaired) electrons. The van der Waals surface area contributed by atoms with E-state index in [0.717, 1.165) is 36.2 Å². The van der Waals surface area contributed by atoms with Crippen LogP contribution in [0.1, 0.15) is 30.1 Å². The first-order chi connectivity index (χ1) is 11.3. The van der Waals surface area contributed by atoms with Crippen LogP contribution < -0.4 is 10.1 Å². The van der Waals surface area contributed by atoms with Crippen LogP contribution in [0.3, 0.4) is 0 Å². The summed E-state index contributed by atoms with van der Waals surface area (Å²) in [6, 6.07) is 10.4. The molecule has 1 aromatic heterocycles. The third-order valence-corrected chi connectivity index (χ3v) is 4.94. The van der Waals surface area contributed by atoms with Gasteiger partial charge in [0.1, 0.15) is 5.75 Å². The van der Waals surface area contributed by atoms with Gasteiger partial charge in [0.05, 0.1) is 13.2 Å². The topological polar surface area (TPSA) is 43.4 Å². The largest absolute Gasteiger partial charge is 0.497 e. The minimum Gasteiger partial charge on any atom is -0.497 e. The van der Waals surface area contributed by atoms with E-state index in [1.807, 2.05) is 36.7 Å². The van der Waals surface area contributed by atoms with Crippen LogP contribution in [-0.2, 0) is 11.3 Å². The number of hydrogen-bond donors (Lipinski definition) is 1. The molecule has 2 atom stereocenters. The van der Waals surface area contributed by atoms with Gasteiger partial charge in [0, 0.05) is 36.1 Å². The van der Waals surface area contributed by atoms with Crippen molar-refractivity contribution in [1.82, 2.24) is 10.3 Å². The van der Waals surface area contributed by atoms with Crippen LogP contribution in [0.4, 0.5) is 0 Å². The zero-order valence-electron chi connectivity index (χ0n) is 13.2. The van der Waals surface area contributed by atoms with E-state index in [4.69, 9.17) is 9.47 Å². The predicted octanol–water partition coefficient (Wildman–Crippen LogP) is 3.86. The Bertz CT molecular complexity index is 636. The van der Waals surface area contributed by atoms with E-state index in [0.29, 0.717) is 6.04 Å². The van der Waals surface area contributed by atoms with Gasteiger partial charge in [-0.25, -0.2) is 0 Å². The lowest BCUT2D eigenvalue weighted by molar-refractivity contribution is -0.0112. The maximum Gasteiger partial charge on any atom is 0.119 e. The zero-order chi connectivity index (χ0) is 16.1. The summed E-state index contributed by atoms with van der Waals surface area (Å²) in [5, 5.41) is 3.65. The smallest absolute Gasteiger partial charge is 0.119 e. The molecule has 23 heavy (non-hydrogen) atoms. The third-order valence-electron chi connectivity index (χ3n) is 4.16. The highest BCUT2D eigenvalue weighted by atomic mass is 79.9.